The number of hydrogen-bond donors (Lipinski definition) is 3. The van der Waals surface area contributed by atoms with Crippen LogP contribution in [0.4, 0.5) is 10.1 Å². The second-order valence-electron chi connectivity index (χ2n) is 5.02. The van der Waals surface area contributed by atoms with Crippen molar-refractivity contribution >= 4 is 43.2 Å². The lowest BCUT2D eigenvalue weighted by atomic mass is 9.94. The second-order valence-corrected chi connectivity index (χ2v) is 7.91. The monoisotopic (exact) mass is 400 g/mol. The lowest BCUT2D eigenvalue weighted by Gasteiger charge is -2.26. The van der Waals surface area contributed by atoms with Crippen LogP contribution in [-0.2, 0) is 10.0 Å². The Morgan fingerprint density at radius 3 is 2.52 bits per heavy atom. The van der Waals surface area contributed by atoms with Gasteiger partial charge in [-0.2, -0.15) is 0 Å². The van der Waals surface area contributed by atoms with Gasteiger partial charge in [-0.1, -0.05) is 11.6 Å². The first-order valence-corrected chi connectivity index (χ1v) is 9.01. The van der Waals surface area contributed by atoms with Crippen molar-refractivity contribution in [3.05, 3.63) is 21.4 Å². The molecule has 0 unspecified atom stereocenters. The predicted molar refractivity (Wildman–Crippen MR) is 82.1 cm³/mol. The number of nitrogen functional groups attached to an aromatic ring is 1. The van der Waals surface area contributed by atoms with Gasteiger partial charge in [-0.15, -0.1) is 0 Å². The third-order valence-electron chi connectivity index (χ3n) is 3.46. The molecule has 0 atom stereocenters. The number of nitrogens with two attached hydrogens (primary N) is 1. The van der Waals surface area contributed by atoms with Gasteiger partial charge in [0.2, 0.25) is 10.0 Å². The normalized spacial score (nSPS) is 23.2. The van der Waals surface area contributed by atoms with E-state index in [1.807, 2.05) is 0 Å². The standard InChI is InChI=1S/C12H15BrClFN2O3S/c13-10-8(14)5-9(11(15)12(10)16)21(19,20)17-6-1-3-7(18)4-2-6/h5-7,17-18H,1-4,16H2. The van der Waals surface area contributed by atoms with Crippen LogP contribution in [0.2, 0.25) is 5.02 Å². The molecule has 9 heteroatoms. The SMILES string of the molecule is Nc1c(F)c(S(=O)(=O)NC2CCC(O)CC2)cc(Cl)c1Br. The van der Waals surface area contributed by atoms with E-state index < -0.39 is 26.8 Å². The Labute approximate surface area is 135 Å². The highest BCUT2D eigenvalue weighted by Crippen LogP contribution is 2.35. The summed E-state index contributed by atoms with van der Waals surface area (Å²) in [7, 11) is -4.06. The van der Waals surface area contributed by atoms with E-state index in [1.54, 1.807) is 0 Å². The second kappa shape index (κ2) is 6.37. The molecule has 118 valence electrons. The van der Waals surface area contributed by atoms with Crippen LogP contribution in [0.3, 0.4) is 0 Å². The lowest BCUT2D eigenvalue weighted by Crippen LogP contribution is -2.38. The quantitative estimate of drug-likeness (QED) is 0.536. The molecule has 5 nitrogen and oxygen atoms in total. The number of halogens is 3. The minimum absolute atomic E-state index is 0.0216. The van der Waals surface area contributed by atoms with Crippen molar-refractivity contribution in [2.75, 3.05) is 5.73 Å². The van der Waals surface area contributed by atoms with E-state index >= 15 is 0 Å². The number of benzene rings is 1. The van der Waals surface area contributed by atoms with E-state index in [1.165, 1.54) is 0 Å². The van der Waals surface area contributed by atoms with E-state index in [4.69, 9.17) is 17.3 Å². The molecule has 1 saturated carbocycles. The number of aliphatic hydroxyl groups is 1. The number of anilines is 1. The maximum atomic E-state index is 14.1. The highest BCUT2D eigenvalue weighted by atomic mass is 79.9. The zero-order valence-corrected chi connectivity index (χ0v) is 14.1. The first-order chi connectivity index (χ1) is 9.72. The highest BCUT2D eigenvalue weighted by Gasteiger charge is 2.28. The lowest BCUT2D eigenvalue weighted by molar-refractivity contribution is 0.120. The van der Waals surface area contributed by atoms with Gasteiger partial charge < -0.3 is 10.8 Å². The van der Waals surface area contributed by atoms with Crippen molar-refractivity contribution in [2.24, 2.45) is 0 Å². The van der Waals surface area contributed by atoms with Gasteiger partial charge in [-0.25, -0.2) is 17.5 Å². The molecule has 1 aliphatic rings. The van der Waals surface area contributed by atoms with Gasteiger partial charge in [0.1, 0.15) is 4.90 Å². The molecule has 4 N–H and O–H groups in total. The summed E-state index contributed by atoms with van der Waals surface area (Å²) in [5, 5.41) is 9.43. The summed E-state index contributed by atoms with van der Waals surface area (Å²) in [6.45, 7) is 0. The number of sulfonamides is 1. The Morgan fingerprint density at radius 2 is 1.95 bits per heavy atom. The molecule has 1 aliphatic carbocycles. The minimum Gasteiger partial charge on any atom is -0.395 e. The zero-order chi connectivity index (χ0) is 15.8. The zero-order valence-electron chi connectivity index (χ0n) is 10.9. The summed E-state index contributed by atoms with van der Waals surface area (Å²) in [4.78, 5) is -0.570. The average molecular weight is 402 g/mol. The Bertz CT molecular complexity index is 648. The summed E-state index contributed by atoms with van der Waals surface area (Å²) in [5.41, 5.74) is 5.15. The van der Waals surface area contributed by atoms with Crippen LogP contribution < -0.4 is 10.5 Å². The maximum Gasteiger partial charge on any atom is 0.243 e. The predicted octanol–water partition coefficient (Wildman–Crippen LogP) is 2.41. The van der Waals surface area contributed by atoms with Crippen molar-refractivity contribution in [1.29, 1.82) is 0 Å². The first kappa shape index (κ1) is 17.0. The molecule has 21 heavy (non-hydrogen) atoms. The Hall–Kier alpha value is -0.410. The van der Waals surface area contributed by atoms with Crippen LogP contribution in [0.1, 0.15) is 25.7 Å². The molecule has 2 rings (SSSR count). The van der Waals surface area contributed by atoms with Crippen molar-refractivity contribution in [1.82, 2.24) is 4.72 Å². The molecule has 0 aromatic heterocycles. The highest BCUT2D eigenvalue weighted by molar-refractivity contribution is 9.10. The molecule has 0 bridgehead atoms. The van der Waals surface area contributed by atoms with Crippen molar-refractivity contribution < 1.29 is 17.9 Å². The molecule has 1 fully saturated rings. The minimum atomic E-state index is -4.06. The van der Waals surface area contributed by atoms with Crippen LogP contribution in [0, 0.1) is 5.82 Å². The van der Waals surface area contributed by atoms with Crippen LogP contribution in [0.15, 0.2) is 15.4 Å². The topological polar surface area (TPSA) is 92.4 Å². The van der Waals surface area contributed by atoms with E-state index in [9.17, 15) is 17.9 Å². The molecule has 0 heterocycles. The molecule has 0 radical (unpaired) electrons. The third kappa shape index (κ3) is 3.68. The largest absolute Gasteiger partial charge is 0.395 e. The van der Waals surface area contributed by atoms with Gasteiger partial charge in [0.15, 0.2) is 5.82 Å². The Morgan fingerprint density at radius 1 is 1.38 bits per heavy atom. The summed E-state index contributed by atoms with van der Waals surface area (Å²) in [5.74, 6) is -1.03. The summed E-state index contributed by atoms with van der Waals surface area (Å²) >= 11 is 8.84. The van der Waals surface area contributed by atoms with E-state index in [0.717, 1.165) is 6.07 Å². The molecule has 0 spiro atoms. The molecule has 1 aromatic rings. The molecule has 1 aromatic carbocycles. The molecular weight excluding hydrogens is 387 g/mol. The summed E-state index contributed by atoms with van der Waals surface area (Å²) in [6.07, 6.45) is 1.63. The van der Waals surface area contributed by atoms with Gasteiger partial charge in [0, 0.05) is 6.04 Å². The molecule has 0 amide bonds. The number of aliphatic hydroxyl groups excluding tert-OH is 1. The summed E-state index contributed by atoms with van der Waals surface area (Å²) in [6, 6.07) is 0.693. The van der Waals surface area contributed by atoms with Gasteiger partial charge in [-0.05, 0) is 47.7 Å². The number of rotatable bonds is 3. The van der Waals surface area contributed by atoms with Crippen LogP contribution in [0.5, 0.6) is 0 Å². The van der Waals surface area contributed by atoms with Crippen LogP contribution in [0.25, 0.3) is 0 Å². The average Bonchev–Trinajstić information content (AvgIpc) is 2.42. The van der Waals surface area contributed by atoms with E-state index in [2.05, 4.69) is 20.7 Å². The first-order valence-electron chi connectivity index (χ1n) is 6.35. The maximum absolute atomic E-state index is 14.1. The van der Waals surface area contributed by atoms with E-state index in [0.29, 0.717) is 25.7 Å². The molecule has 0 saturated heterocycles. The van der Waals surface area contributed by atoms with Gasteiger partial charge in [0.05, 0.1) is 21.3 Å². The third-order valence-corrected chi connectivity index (χ3v) is 6.37. The van der Waals surface area contributed by atoms with Crippen molar-refractivity contribution in [3.8, 4) is 0 Å². The fourth-order valence-electron chi connectivity index (χ4n) is 2.27. The summed E-state index contributed by atoms with van der Waals surface area (Å²) < 4.78 is 41.2. The Kier molecular flexibility index (Phi) is 5.15. The molecular formula is C12H15BrClFN2O3S. The fraction of sp³-hybridized carbons (Fsp3) is 0.500. The molecule has 0 aliphatic heterocycles. The van der Waals surface area contributed by atoms with Gasteiger partial charge >= 0.3 is 0 Å². The van der Waals surface area contributed by atoms with Crippen molar-refractivity contribution in [3.63, 3.8) is 0 Å². The smallest absolute Gasteiger partial charge is 0.243 e. The van der Waals surface area contributed by atoms with Crippen LogP contribution >= 0.6 is 27.5 Å². The van der Waals surface area contributed by atoms with Crippen LogP contribution in [-0.4, -0.2) is 25.7 Å². The number of nitrogens with one attached hydrogen (secondary N) is 1. The van der Waals surface area contributed by atoms with Crippen molar-refractivity contribution in [2.45, 2.75) is 42.7 Å². The number of hydrogen-bond acceptors (Lipinski definition) is 4. The van der Waals surface area contributed by atoms with Gasteiger partial charge in [0.25, 0.3) is 0 Å². The fourth-order valence-corrected chi connectivity index (χ4v) is 4.26. The van der Waals surface area contributed by atoms with E-state index in [-0.39, 0.29) is 21.2 Å². The Balaban J connectivity index is 2.28. The van der Waals surface area contributed by atoms with Gasteiger partial charge in [-0.3, -0.25) is 0 Å².